The first kappa shape index (κ1) is 16.3. The summed E-state index contributed by atoms with van der Waals surface area (Å²) in [5.74, 6) is -0.712. The monoisotopic (exact) mass is 334 g/mol. The quantitative estimate of drug-likeness (QED) is 0.483. The number of rotatable bonds is 5. The van der Waals surface area contributed by atoms with Crippen LogP contribution in [0.4, 0.5) is 4.39 Å². The first-order valence-corrected chi connectivity index (χ1v) is 8.88. The Kier molecular flexibility index (Phi) is 3.88. The molecule has 1 aliphatic heterocycles. The smallest absolute Gasteiger partial charge is 0.236 e. The highest BCUT2D eigenvalue weighted by Gasteiger charge is 2.74. The Balaban J connectivity index is 1.35. The molecular formula is C23H23FO. The molecule has 2 heteroatoms. The molecule has 0 N–H and O–H groups in total. The Morgan fingerprint density at radius 1 is 0.920 bits per heavy atom. The highest BCUT2D eigenvalue weighted by molar-refractivity contribution is 5.57. The van der Waals surface area contributed by atoms with Gasteiger partial charge >= 0.3 is 0 Å². The van der Waals surface area contributed by atoms with Gasteiger partial charge in [0.2, 0.25) is 5.85 Å². The van der Waals surface area contributed by atoms with Crippen molar-refractivity contribution in [2.24, 2.45) is 5.92 Å². The predicted molar refractivity (Wildman–Crippen MR) is 101 cm³/mol. The predicted octanol–water partition coefficient (Wildman–Crippen LogP) is 5.99. The number of benzene rings is 2. The maximum Gasteiger partial charge on any atom is 0.236 e. The van der Waals surface area contributed by atoms with Gasteiger partial charge in [0.15, 0.2) is 0 Å². The molecule has 4 atom stereocenters. The zero-order chi connectivity index (χ0) is 17.5. The van der Waals surface area contributed by atoms with Crippen LogP contribution in [0.15, 0.2) is 66.7 Å². The van der Waals surface area contributed by atoms with Crippen molar-refractivity contribution in [3.05, 3.63) is 83.4 Å². The molecule has 2 fully saturated rings. The van der Waals surface area contributed by atoms with Crippen LogP contribution in [0.3, 0.4) is 0 Å². The Morgan fingerprint density at radius 3 is 2.04 bits per heavy atom. The van der Waals surface area contributed by atoms with Crippen LogP contribution in [0.5, 0.6) is 0 Å². The van der Waals surface area contributed by atoms with E-state index in [0.717, 1.165) is 6.42 Å². The van der Waals surface area contributed by atoms with Crippen LogP contribution in [0.2, 0.25) is 0 Å². The molecule has 1 saturated carbocycles. The number of ether oxygens (including phenoxy) is 1. The molecular weight excluding hydrogens is 311 g/mol. The number of halogens is 1. The number of hydrogen-bond donors (Lipinski definition) is 0. The maximum atomic E-state index is 13.9. The summed E-state index contributed by atoms with van der Waals surface area (Å²) < 4.78 is 19.3. The topological polar surface area (TPSA) is 12.5 Å². The molecule has 0 radical (unpaired) electrons. The van der Waals surface area contributed by atoms with Crippen LogP contribution >= 0.6 is 0 Å². The van der Waals surface area contributed by atoms with Crippen molar-refractivity contribution in [2.45, 2.75) is 37.6 Å². The van der Waals surface area contributed by atoms with E-state index in [0.29, 0.717) is 11.8 Å². The van der Waals surface area contributed by atoms with Gasteiger partial charge in [0.1, 0.15) is 5.60 Å². The molecule has 0 bridgehead atoms. The molecule has 2 aliphatic rings. The lowest BCUT2D eigenvalue weighted by atomic mass is 9.96. The fourth-order valence-electron chi connectivity index (χ4n) is 3.70. The van der Waals surface area contributed by atoms with Crippen LogP contribution in [-0.2, 0) is 4.74 Å². The summed E-state index contributed by atoms with van der Waals surface area (Å²) >= 11 is 0. The summed E-state index contributed by atoms with van der Waals surface area (Å²) in [7, 11) is 0. The number of hydrogen-bond acceptors (Lipinski definition) is 1. The Labute approximate surface area is 148 Å². The normalized spacial score (nSPS) is 33.9. The fraction of sp³-hybridized carbons (Fsp3) is 0.304. The third-order valence-corrected chi connectivity index (χ3v) is 5.60. The van der Waals surface area contributed by atoms with Crippen molar-refractivity contribution in [3.63, 3.8) is 0 Å². The van der Waals surface area contributed by atoms with Crippen LogP contribution < -0.4 is 0 Å². The second-order valence-electron chi connectivity index (χ2n) is 7.37. The number of epoxide rings is 1. The standard InChI is InChI=1S/C23H23FO/c1-22(23(2,24)25-22)21-16-20(21)19-14-12-18(13-15-19)11-7-6-10-17-8-4-3-5-9-17/h3-15,20-21H,16H2,1-2H3/b10-6+,11-7+. The molecule has 25 heavy (non-hydrogen) atoms. The van der Waals surface area contributed by atoms with E-state index in [4.69, 9.17) is 4.74 Å². The summed E-state index contributed by atoms with van der Waals surface area (Å²) in [6.45, 7) is 3.44. The van der Waals surface area contributed by atoms with Crippen LogP contribution in [0.1, 0.15) is 42.9 Å². The van der Waals surface area contributed by atoms with Crippen molar-refractivity contribution in [3.8, 4) is 0 Å². The molecule has 0 spiro atoms. The first-order chi connectivity index (χ1) is 12.0. The second kappa shape index (κ2) is 5.96. The van der Waals surface area contributed by atoms with Crippen molar-refractivity contribution >= 4 is 12.2 Å². The highest BCUT2D eigenvalue weighted by atomic mass is 19.2. The largest absolute Gasteiger partial charge is 0.331 e. The van der Waals surface area contributed by atoms with Crippen LogP contribution in [0.25, 0.3) is 12.2 Å². The number of alkyl halides is 1. The third-order valence-electron chi connectivity index (χ3n) is 5.60. The SMILES string of the molecule is CC1(F)OC1(C)C1CC1c1ccc(/C=C/C=C/c2ccccc2)cc1. The Morgan fingerprint density at radius 2 is 1.48 bits per heavy atom. The van der Waals surface area contributed by atoms with Crippen LogP contribution in [-0.4, -0.2) is 11.5 Å². The molecule has 0 aromatic heterocycles. The van der Waals surface area contributed by atoms with Gasteiger partial charge in [-0.25, -0.2) is 4.39 Å². The lowest BCUT2D eigenvalue weighted by Gasteiger charge is -2.06. The van der Waals surface area contributed by atoms with Gasteiger partial charge in [-0.15, -0.1) is 0 Å². The molecule has 4 rings (SSSR count). The molecule has 1 aliphatic carbocycles. The molecule has 2 aromatic carbocycles. The lowest BCUT2D eigenvalue weighted by Crippen LogP contribution is -2.18. The third kappa shape index (κ3) is 3.19. The van der Waals surface area contributed by atoms with Gasteiger partial charge in [0, 0.05) is 5.92 Å². The summed E-state index contributed by atoms with van der Waals surface area (Å²) in [4.78, 5) is 0. The van der Waals surface area contributed by atoms with E-state index in [9.17, 15) is 4.39 Å². The molecule has 2 aromatic rings. The average molecular weight is 334 g/mol. The van der Waals surface area contributed by atoms with E-state index >= 15 is 0 Å². The Bertz CT molecular complexity index is 804. The first-order valence-electron chi connectivity index (χ1n) is 8.88. The molecule has 1 saturated heterocycles. The zero-order valence-electron chi connectivity index (χ0n) is 14.7. The minimum Gasteiger partial charge on any atom is -0.331 e. The van der Waals surface area contributed by atoms with E-state index in [2.05, 4.69) is 54.6 Å². The van der Waals surface area contributed by atoms with Gasteiger partial charge in [-0.05, 0) is 42.9 Å². The van der Waals surface area contributed by atoms with E-state index in [-0.39, 0.29) is 0 Å². The minimum absolute atomic E-state index is 0.303. The van der Waals surface area contributed by atoms with E-state index in [1.165, 1.54) is 16.7 Å². The summed E-state index contributed by atoms with van der Waals surface area (Å²) in [6, 6.07) is 18.8. The summed E-state index contributed by atoms with van der Waals surface area (Å²) in [6.07, 6.45) is 9.30. The van der Waals surface area contributed by atoms with Gasteiger partial charge in [-0.1, -0.05) is 78.9 Å². The van der Waals surface area contributed by atoms with E-state index in [1.54, 1.807) is 6.92 Å². The molecule has 1 heterocycles. The maximum absolute atomic E-state index is 13.9. The van der Waals surface area contributed by atoms with Crippen molar-refractivity contribution < 1.29 is 9.13 Å². The van der Waals surface area contributed by atoms with E-state index in [1.807, 2.05) is 31.2 Å². The fourth-order valence-corrected chi connectivity index (χ4v) is 3.70. The summed E-state index contributed by atoms with van der Waals surface area (Å²) in [5.41, 5.74) is 3.06. The van der Waals surface area contributed by atoms with E-state index < -0.39 is 11.5 Å². The van der Waals surface area contributed by atoms with Gasteiger partial charge in [0.25, 0.3) is 0 Å². The lowest BCUT2D eigenvalue weighted by molar-refractivity contribution is 0.160. The highest BCUT2D eigenvalue weighted by Crippen LogP contribution is 2.66. The number of allylic oxidation sites excluding steroid dienone is 2. The molecule has 0 amide bonds. The molecule has 128 valence electrons. The van der Waals surface area contributed by atoms with Gasteiger partial charge in [-0.3, -0.25) is 0 Å². The molecule has 1 nitrogen and oxygen atoms in total. The minimum atomic E-state index is -1.44. The van der Waals surface area contributed by atoms with Crippen molar-refractivity contribution in [1.29, 1.82) is 0 Å². The van der Waals surface area contributed by atoms with Crippen molar-refractivity contribution in [1.82, 2.24) is 0 Å². The van der Waals surface area contributed by atoms with Crippen LogP contribution in [0, 0.1) is 5.92 Å². The zero-order valence-corrected chi connectivity index (χ0v) is 14.7. The second-order valence-corrected chi connectivity index (χ2v) is 7.37. The van der Waals surface area contributed by atoms with Gasteiger partial charge in [0.05, 0.1) is 0 Å². The van der Waals surface area contributed by atoms with Gasteiger partial charge < -0.3 is 4.74 Å². The summed E-state index contributed by atoms with van der Waals surface area (Å²) in [5, 5.41) is 0. The molecule has 4 unspecified atom stereocenters. The average Bonchev–Trinajstić information content (AvgIpc) is 3.50. The Hall–Kier alpha value is -2.19. The van der Waals surface area contributed by atoms with Gasteiger partial charge in [-0.2, -0.15) is 0 Å². The van der Waals surface area contributed by atoms with Crippen molar-refractivity contribution in [2.75, 3.05) is 0 Å².